The van der Waals surface area contributed by atoms with E-state index >= 15 is 0 Å². The van der Waals surface area contributed by atoms with Gasteiger partial charge in [-0.05, 0) is 44.0 Å². The summed E-state index contributed by atoms with van der Waals surface area (Å²) < 4.78 is 5.70. The minimum atomic E-state index is 0.184. The maximum absolute atomic E-state index is 12.2. The first-order chi connectivity index (χ1) is 9.56. The summed E-state index contributed by atoms with van der Waals surface area (Å²) in [4.78, 5) is 14.1. The largest absolute Gasteiger partial charge is 0.493 e. The summed E-state index contributed by atoms with van der Waals surface area (Å²) >= 11 is 0. The number of nitrogens with zero attached hydrogens (tertiary/aromatic N) is 1. The zero-order chi connectivity index (χ0) is 14.5. The fourth-order valence-electron chi connectivity index (χ4n) is 2.63. The average molecular weight is 276 g/mol. The van der Waals surface area contributed by atoms with Crippen LogP contribution in [0.15, 0.2) is 18.2 Å². The van der Waals surface area contributed by atoms with Gasteiger partial charge in [-0.2, -0.15) is 0 Å². The summed E-state index contributed by atoms with van der Waals surface area (Å²) in [6, 6.07) is 6.40. The van der Waals surface area contributed by atoms with Crippen LogP contribution in [0.4, 0.5) is 0 Å². The highest BCUT2D eigenvalue weighted by Crippen LogP contribution is 2.16. The molecule has 1 amide bonds. The lowest BCUT2D eigenvalue weighted by atomic mass is 10.1. The average Bonchev–Trinajstić information content (AvgIpc) is 2.38. The summed E-state index contributed by atoms with van der Waals surface area (Å²) in [7, 11) is 0. The quantitative estimate of drug-likeness (QED) is 0.913. The van der Waals surface area contributed by atoms with E-state index in [4.69, 9.17) is 4.74 Å². The van der Waals surface area contributed by atoms with Gasteiger partial charge in [-0.25, -0.2) is 0 Å². The second-order valence-electron chi connectivity index (χ2n) is 5.56. The van der Waals surface area contributed by atoms with Crippen molar-refractivity contribution in [2.45, 2.75) is 33.2 Å². The zero-order valence-corrected chi connectivity index (χ0v) is 12.6. The van der Waals surface area contributed by atoms with Crippen molar-refractivity contribution in [3.8, 4) is 5.75 Å². The lowest BCUT2D eigenvalue weighted by molar-refractivity contribution is -0.134. The van der Waals surface area contributed by atoms with E-state index in [2.05, 4.69) is 18.3 Å². The molecule has 0 aromatic heterocycles. The topological polar surface area (TPSA) is 41.6 Å². The van der Waals surface area contributed by atoms with Gasteiger partial charge in [0.05, 0.1) is 13.0 Å². The lowest BCUT2D eigenvalue weighted by Gasteiger charge is -2.34. The van der Waals surface area contributed by atoms with Crippen LogP contribution in [0.25, 0.3) is 0 Å². The molecule has 1 unspecified atom stereocenters. The monoisotopic (exact) mass is 276 g/mol. The number of rotatable bonds is 4. The van der Waals surface area contributed by atoms with Gasteiger partial charge in [0.15, 0.2) is 0 Å². The molecule has 0 bridgehead atoms. The number of piperazine rings is 1. The van der Waals surface area contributed by atoms with Crippen molar-refractivity contribution < 1.29 is 9.53 Å². The summed E-state index contributed by atoms with van der Waals surface area (Å²) in [5, 5.41) is 3.29. The summed E-state index contributed by atoms with van der Waals surface area (Å²) in [5.41, 5.74) is 2.36. The van der Waals surface area contributed by atoms with Gasteiger partial charge in [0.1, 0.15) is 5.75 Å². The van der Waals surface area contributed by atoms with Gasteiger partial charge < -0.3 is 15.0 Å². The standard InChI is InChI=1S/C16H24N2O2/c1-12-8-13(2)10-15(9-12)20-7-4-16(19)18-6-5-17-11-14(18)3/h8-10,14,17H,4-7,11H2,1-3H3. The van der Waals surface area contributed by atoms with Crippen molar-refractivity contribution >= 4 is 5.91 Å². The van der Waals surface area contributed by atoms with Crippen LogP contribution in [-0.4, -0.2) is 43.1 Å². The van der Waals surface area contributed by atoms with E-state index in [9.17, 15) is 4.79 Å². The first-order valence-electron chi connectivity index (χ1n) is 7.27. The Labute approximate surface area is 121 Å². The summed E-state index contributed by atoms with van der Waals surface area (Å²) in [5.74, 6) is 1.03. The first kappa shape index (κ1) is 14.9. The number of ether oxygens (including phenoxy) is 1. The van der Waals surface area contributed by atoms with Crippen molar-refractivity contribution in [3.63, 3.8) is 0 Å². The van der Waals surface area contributed by atoms with Crippen molar-refractivity contribution in [1.29, 1.82) is 0 Å². The summed E-state index contributed by atoms with van der Waals surface area (Å²) in [6.07, 6.45) is 0.442. The van der Waals surface area contributed by atoms with Gasteiger partial charge in [-0.3, -0.25) is 4.79 Å². The van der Waals surface area contributed by atoms with Gasteiger partial charge in [0.2, 0.25) is 5.91 Å². The Balaban J connectivity index is 1.81. The number of nitrogens with one attached hydrogen (secondary N) is 1. The highest BCUT2D eigenvalue weighted by molar-refractivity contribution is 5.76. The molecule has 1 aromatic carbocycles. The molecule has 0 saturated carbocycles. The minimum absolute atomic E-state index is 0.184. The van der Waals surface area contributed by atoms with Gasteiger partial charge in [0.25, 0.3) is 0 Å². The van der Waals surface area contributed by atoms with Crippen LogP contribution in [0.1, 0.15) is 24.5 Å². The molecule has 1 aliphatic rings. The van der Waals surface area contributed by atoms with Gasteiger partial charge in [0, 0.05) is 25.7 Å². The molecular formula is C16H24N2O2. The normalized spacial score (nSPS) is 18.9. The number of hydrogen-bond donors (Lipinski definition) is 1. The van der Waals surface area contributed by atoms with Crippen LogP contribution in [0.5, 0.6) is 5.75 Å². The van der Waals surface area contributed by atoms with Gasteiger partial charge >= 0.3 is 0 Å². The van der Waals surface area contributed by atoms with Crippen LogP contribution >= 0.6 is 0 Å². The number of carbonyl (C=O) groups is 1. The molecule has 1 aromatic rings. The molecule has 0 aliphatic carbocycles. The van der Waals surface area contributed by atoms with E-state index in [1.165, 1.54) is 11.1 Å². The third-order valence-corrected chi connectivity index (χ3v) is 3.60. The van der Waals surface area contributed by atoms with Crippen LogP contribution in [-0.2, 0) is 4.79 Å². The Bertz CT molecular complexity index is 453. The Morgan fingerprint density at radius 3 is 2.70 bits per heavy atom. The third kappa shape index (κ3) is 3.97. The highest BCUT2D eigenvalue weighted by Gasteiger charge is 2.22. The number of aryl methyl sites for hydroxylation is 2. The van der Waals surface area contributed by atoms with Crippen molar-refractivity contribution in [2.75, 3.05) is 26.2 Å². The molecule has 1 fully saturated rings. The predicted molar refractivity (Wildman–Crippen MR) is 80.1 cm³/mol. The second-order valence-corrected chi connectivity index (χ2v) is 5.56. The Hall–Kier alpha value is -1.55. The highest BCUT2D eigenvalue weighted by atomic mass is 16.5. The van der Waals surface area contributed by atoms with Crippen LogP contribution < -0.4 is 10.1 Å². The molecule has 1 saturated heterocycles. The van der Waals surface area contributed by atoms with Crippen molar-refractivity contribution in [1.82, 2.24) is 10.2 Å². The second kappa shape index (κ2) is 6.75. The van der Waals surface area contributed by atoms with E-state index < -0.39 is 0 Å². The third-order valence-electron chi connectivity index (χ3n) is 3.60. The Kier molecular flexibility index (Phi) is 5.01. The van der Waals surface area contributed by atoms with Crippen molar-refractivity contribution in [2.24, 2.45) is 0 Å². The van der Waals surface area contributed by atoms with E-state index in [1.807, 2.05) is 30.9 Å². The Morgan fingerprint density at radius 1 is 1.35 bits per heavy atom. The molecule has 0 radical (unpaired) electrons. The number of amides is 1. The lowest BCUT2D eigenvalue weighted by Crippen LogP contribution is -2.52. The smallest absolute Gasteiger partial charge is 0.226 e. The molecule has 4 nitrogen and oxygen atoms in total. The minimum Gasteiger partial charge on any atom is -0.493 e. The number of hydrogen-bond acceptors (Lipinski definition) is 3. The molecule has 110 valence electrons. The van der Waals surface area contributed by atoms with Crippen molar-refractivity contribution in [3.05, 3.63) is 29.3 Å². The predicted octanol–water partition coefficient (Wildman–Crippen LogP) is 1.89. The molecule has 1 atom stereocenters. The van der Waals surface area contributed by atoms with Crippen LogP contribution in [0.2, 0.25) is 0 Å². The van der Waals surface area contributed by atoms with E-state index in [0.717, 1.165) is 25.4 Å². The summed E-state index contributed by atoms with van der Waals surface area (Å²) in [6.45, 7) is 9.18. The van der Waals surface area contributed by atoms with Crippen LogP contribution in [0.3, 0.4) is 0 Å². The number of benzene rings is 1. The maximum atomic E-state index is 12.2. The molecular weight excluding hydrogens is 252 g/mol. The molecule has 1 heterocycles. The molecule has 1 N–H and O–H groups in total. The Morgan fingerprint density at radius 2 is 2.05 bits per heavy atom. The fourth-order valence-corrected chi connectivity index (χ4v) is 2.63. The first-order valence-corrected chi connectivity index (χ1v) is 7.27. The van der Waals surface area contributed by atoms with Gasteiger partial charge in [-0.15, -0.1) is 0 Å². The molecule has 0 spiro atoms. The van der Waals surface area contributed by atoms with E-state index in [1.54, 1.807) is 0 Å². The maximum Gasteiger partial charge on any atom is 0.226 e. The van der Waals surface area contributed by atoms with Crippen LogP contribution in [0, 0.1) is 13.8 Å². The SMILES string of the molecule is Cc1cc(C)cc(OCCC(=O)N2CCNCC2C)c1. The molecule has 4 heteroatoms. The molecule has 2 rings (SSSR count). The van der Waals surface area contributed by atoms with E-state index in [-0.39, 0.29) is 11.9 Å². The molecule has 1 aliphatic heterocycles. The fraction of sp³-hybridized carbons (Fsp3) is 0.562. The number of carbonyl (C=O) groups excluding carboxylic acids is 1. The van der Waals surface area contributed by atoms with Gasteiger partial charge in [-0.1, -0.05) is 6.07 Å². The zero-order valence-electron chi connectivity index (χ0n) is 12.6. The molecule has 20 heavy (non-hydrogen) atoms. The van der Waals surface area contributed by atoms with E-state index in [0.29, 0.717) is 13.0 Å².